The average molecular weight is 367 g/mol. The smallest absolute Gasteiger partial charge is 0.123 e. The van der Waals surface area contributed by atoms with Crippen molar-refractivity contribution in [1.82, 2.24) is 4.57 Å². The fourth-order valence-electron chi connectivity index (χ4n) is 3.87. The molecule has 1 aromatic heterocycles. The second kappa shape index (κ2) is 6.63. The summed E-state index contributed by atoms with van der Waals surface area (Å²) in [6.45, 7) is -0.0121. The van der Waals surface area contributed by atoms with Gasteiger partial charge in [0.25, 0.3) is 0 Å². The molecule has 0 aliphatic rings. The van der Waals surface area contributed by atoms with Crippen LogP contribution in [0.15, 0.2) is 91.0 Å². The Kier molecular flexibility index (Phi) is 3.96. The highest BCUT2D eigenvalue weighted by molar-refractivity contribution is 6.09. The average Bonchev–Trinajstić information content (AvgIpc) is 3.14. The van der Waals surface area contributed by atoms with E-state index >= 15 is 0 Å². The van der Waals surface area contributed by atoms with Gasteiger partial charge in [0.1, 0.15) is 5.82 Å². The lowest BCUT2D eigenvalue weighted by Gasteiger charge is -2.13. The molecule has 0 saturated carbocycles. The van der Waals surface area contributed by atoms with E-state index in [9.17, 15) is 9.50 Å². The van der Waals surface area contributed by atoms with Crippen molar-refractivity contribution in [3.8, 4) is 16.9 Å². The van der Waals surface area contributed by atoms with Crippen molar-refractivity contribution in [1.29, 1.82) is 0 Å². The second-order valence-corrected chi connectivity index (χ2v) is 6.92. The van der Waals surface area contributed by atoms with Crippen LogP contribution in [0.1, 0.15) is 5.56 Å². The van der Waals surface area contributed by atoms with Gasteiger partial charge in [-0.05, 0) is 70.4 Å². The number of halogens is 1. The maximum atomic E-state index is 13.5. The Bertz CT molecular complexity index is 1300. The van der Waals surface area contributed by atoms with Crippen LogP contribution in [0.2, 0.25) is 0 Å². The zero-order valence-corrected chi connectivity index (χ0v) is 15.1. The normalized spacial score (nSPS) is 11.4. The van der Waals surface area contributed by atoms with Crippen LogP contribution in [-0.4, -0.2) is 9.67 Å². The minimum atomic E-state index is -0.251. The molecule has 1 heterocycles. The molecule has 1 N–H and O–H groups in total. The van der Waals surface area contributed by atoms with E-state index in [1.165, 1.54) is 22.9 Å². The maximum absolute atomic E-state index is 13.5. The van der Waals surface area contributed by atoms with Gasteiger partial charge in [-0.2, -0.15) is 0 Å². The predicted octanol–water partition coefficient (Wildman–Crippen LogP) is 6.08. The van der Waals surface area contributed by atoms with Crippen molar-refractivity contribution >= 4 is 21.7 Å². The molecule has 0 aliphatic carbocycles. The molecule has 136 valence electrons. The summed E-state index contributed by atoms with van der Waals surface area (Å²) in [4.78, 5) is 0. The quantitative estimate of drug-likeness (QED) is 0.411. The number of benzene rings is 4. The van der Waals surface area contributed by atoms with Crippen LogP contribution in [0.25, 0.3) is 38.6 Å². The van der Waals surface area contributed by atoms with Gasteiger partial charge >= 0.3 is 0 Å². The minimum Gasteiger partial charge on any atom is -0.392 e. The molecule has 5 rings (SSSR count). The number of nitrogens with zero attached hydrogens (tertiary/aromatic N) is 1. The molecule has 0 radical (unpaired) electrons. The number of aliphatic hydroxyl groups is 1. The van der Waals surface area contributed by atoms with Gasteiger partial charge in [-0.25, -0.2) is 4.39 Å². The minimum absolute atomic E-state index is 0.0121. The van der Waals surface area contributed by atoms with Gasteiger partial charge in [-0.15, -0.1) is 0 Å². The van der Waals surface area contributed by atoms with E-state index in [-0.39, 0.29) is 12.4 Å². The van der Waals surface area contributed by atoms with Gasteiger partial charge in [0.2, 0.25) is 0 Å². The van der Waals surface area contributed by atoms with Crippen molar-refractivity contribution in [3.63, 3.8) is 0 Å². The highest BCUT2D eigenvalue weighted by Gasteiger charge is 2.15. The molecular formula is C25H18FNO. The van der Waals surface area contributed by atoms with Crippen LogP contribution in [-0.2, 0) is 6.61 Å². The molecule has 0 fully saturated rings. The largest absolute Gasteiger partial charge is 0.392 e. The van der Waals surface area contributed by atoms with Crippen molar-refractivity contribution in [2.75, 3.05) is 0 Å². The summed E-state index contributed by atoms with van der Waals surface area (Å²) in [7, 11) is 0. The van der Waals surface area contributed by atoms with Crippen LogP contribution < -0.4 is 0 Å². The molecule has 0 spiro atoms. The molecule has 5 aromatic rings. The van der Waals surface area contributed by atoms with Crippen LogP contribution in [0.5, 0.6) is 0 Å². The van der Waals surface area contributed by atoms with Crippen LogP contribution in [0, 0.1) is 5.82 Å². The summed E-state index contributed by atoms with van der Waals surface area (Å²) in [5, 5.41) is 13.1. The number of aromatic nitrogens is 1. The van der Waals surface area contributed by atoms with Crippen molar-refractivity contribution in [2.45, 2.75) is 6.61 Å². The van der Waals surface area contributed by atoms with Crippen molar-refractivity contribution < 1.29 is 9.50 Å². The maximum Gasteiger partial charge on any atom is 0.123 e. The Balaban J connectivity index is 1.88. The Morgan fingerprint density at radius 2 is 1.57 bits per heavy atom. The van der Waals surface area contributed by atoms with Crippen LogP contribution >= 0.6 is 0 Å². The van der Waals surface area contributed by atoms with Gasteiger partial charge in [-0.1, -0.05) is 42.5 Å². The third-order valence-electron chi connectivity index (χ3n) is 5.20. The summed E-state index contributed by atoms with van der Waals surface area (Å²) >= 11 is 0. The van der Waals surface area contributed by atoms with Gasteiger partial charge in [0.15, 0.2) is 0 Å². The first kappa shape index (κ1) is 16.7. The molecule has 0 saturated heterocycles. The lowest BCUT2D eigenvalue weighted by molar-refractivity contribution is 0.282. The molecular weight excluding hydrogens is 349 g/mol. The molecule has 0 amide bonds. The van der Waals surface area contributed by atoms with E-state index in [4.69, 9.17) is 0 Å². The number of hydrogen-bond acceptors (Lipinski definition) is 1. The lowest BCUT2D eigenvalue weighted by Crippen LogP contribution is -1.98. The van der Waals surface area contributed by atoms with E-state index in [0.29, 0.717) is 0 Å². The first-order chi connectivity index (χ1) is 13.7. The lowest BCUT2D eigenvalue weighted by atomic mass is 10.1. The fraction of sp³-hybridized carbons (Fsp3) is 0.0400. The zero-order chi connectivity index (χ0) is 19.1. The molecule has 3 heteroatoms. The molecule has 28 heavy (non-hydrogen) atoms. The third kappa shape index (κ3) is 2.68. The van der Waals surface area contributed by atoms with Gasteiger partial charge in [0.05, 0.1) is 17.8 Å². The van der Waals surface area contributed by atoms with E-state index in [1.807, 2.05) is 36.4 Å². The van der Waals surface area contributed by atoms with E-state index in [0.717, 1.165) is 33.4 Å². The van der Waals surface area contributed by atoms with Crippen LogP contribution in [0.3, 0.4) is 0 Å². The second-order valence-electron chi connectivity index (χ2n) is 6.92. The molecule has 0 atom stereocenters. The van der Waals surface area contributed by atoms with Gasteiger partial charge < -0.3 is 9.67 Å². The summed E-state index contributed by atoms with van der Waals surface area (Å²) < 4.78 is 15.7. The third-order valence-corrected chi connectivity index (χ3v) is 5.20. The SMILES string of the molecule is OCc1cccc(-n2c(-c3ccc(F)cc3)cc3c4ccccc4ccc32)c1. The number of fused-ring (bicyclic) bond motifs is 3. The summed E-state index contributed by atoms with van der Waals surface area (Å²) in [6, 6.07) is 29.2. The monoisotopic (exact) mass is 367 g/mol. The molecule has 0 bridgehead atoms. The van der Waals surface area contributed by atoms with E-state index < -0.39 is 0 Å². The zero-order valence-electron chi connectivity index (χ0n) is 15.1. The van der Waals surface area contributed by atoms with Crippen molar-refractivity contribution in [2.24, 2.45) is 0 Å². The Morgan fingerprint density at radius 1 is 0.750 bits per heavy atom. The van der Waals surface area contributed by atoms with Gasteiger partial charge in [0, 0.05) is 11.1 Å². The predicted molar refractivity (Wildman–Crippen MR) is 112 cm³/mol. The molecule has 2 nitrogen and oxygen atoms in total. The number of rotatable bonds is 3. The summed E-state index contributed by atoms with van der Waals surface area (Å²) in [5.74, 6) is -0.251. The van der Waals surface area contributed by atoms with Crippen molar-refractivity contribution in [3.05, 3.63) is 102 Å². The Morgan fingerprint density at radius 3 is 2.39 bits per heavy atom. The Hall–Kier alpha value is -3.43. The first-order valence-electron chi connectivity index (χ1n) is 9.24. The molecule has 4 aromatic carbocycles. The number of hydrogen-bond donors (Lipinski definition) is 1. The number of aliphatic hydroxyl groups excluding tert-OH is 1. The Labute approximate surface area is 162 Å². The van der Waals surface area contributed by atoms with Gasteiger partial charge in [-0.3, -0.25) is 0 Å². The first-order valence-corrected chi connectivity index (χ1v) is 9.24. The molecule has 0 unspecified atom stereocenters. The van der Waals surface area contributed by atoms with Crippen LogP contribution in [0.4, 0.5) is 4.39 Å². The highest BCUT2D eigenvalue weighted by atomic mass is 19.1. The summed E-state index contributed by atoms with van der Waals surface area (Å²) in [5.41, 5.74) is 4.83. The fourth-order valence-corrected chi connectivity index (χ4v) is 3.87. The highest BCUT2D eigenvalue weighted by Crippen LogP contribution is 2.35. The topological polar surface area (TPSA) is 25.2 Å². The molecule has 0 aliphatic heterocycles. The van der Waals surface area contributed by atoms with E-state index in [2.05, 4.69) is 34.9 Å². The van der Waals surface area contributed by atoms with E-state index in [1.54, 1.807) is 12.1 Å². The standard InChI is InChI=1S/C25H18FNO/c26-20-11-8-19(9-12-20)25-15-23-22-7-2-1-5-18(22)10-13-24(23)27(25)21-6-3-4-17(14-21)16-28/h1-15,28H,16H2. The summed E-state index contributed by atoms with van der Waals surface area (Å²) in [6.07, 6.45) is 0.